The molecule has 1 aromatic carbocycles. The van der Waals surface area contributed by atoms with Crippen molar-refractivity contribution in [1.82, 2.24) is 5.32 Å². The molecule has 0 saturated heterocycles. The number of ether oxygens (including phenoxy) is 2. The molecule has 0 aliphatic carbocycles. The van der Waals surface area contributed by atoms with Crippen LogP contribution in [0.2, 0.25) is 0 Å². The van der Waals surface area contributed by atoms with E-state index in [0.29, 0.717) is 13.2 Å². The van der Waals surface area contributed by atoms with E-state index in [4.69, 9.17) is 9.47 Å². The Bertz CT molecular complexity index is 353. The average Bonchev–Trinajstić information content (AvgIpc) is 2.42. The molecule has 3 heteroatoms. The summed E-state index contributed by atoms with van der Waals surface area (Å²) < 4.78 is 11.2. The van der Waals surface area contributed by atoms with Gasteiger partial charge >= 0.3 is 0 Å². The molecule has 0 heterocycles. The molecule has 0 bridgehead atoms. The third-order valence-corrected chi connectivity index (χ3v) is 2.85. The molecule has 1 aromatic rings. The highest BCUT2D eigenvalue weighted by atomic mass is 16.5. The standard InChI is InChI=1S/C16H27NO2/c1-4-11-17-12-7-8-14-9-10-15(18-5-2)16(13-14)19-6-3/h9-10,13,17H,4-8,11-12H2,1-3H3. The number of hydrogen-bond donors (Lipinski definition) is 1. The average molecular weight is 265 g/mol. The molecule has 1 N–H and O–H groups in total. The van der Waals surface area contributed by atoms with Gasteiger partial charge in [0.25, 0.3) is 0 Å². The Morgan fingerprint density at radius 3 is 2.37 bits per heavy atom. The molecule has 0 atom stereocenters. The molecule has 0 radical (unpaired) electrons. The summed E-state index contributed by atoms with van der Waals surface area (Å²) in [6.07, 6.45) is 3.42. The summed E-state index contributed by atoms with van der Waals surface area (Å²) in [7, 11) is 0. The zero-order chi connectivity index (χ0) is 13.9. The highest BCUT2D eigenvalue weighted by Gasteiger charge is 2.05. The first-order valence-corrected chi connectivity index (χ1v) is 7.41. The van der Waals surface area contributed by atoms with Gasteiger partial charge in [-0.1, -0.05) is 13.0 Å². The molecule has 0 aliphatic heterocycles. The van der Waals surface area contributed by atoms with E-state index in [9.17, 15) is 0 Å². The summed E-state index contributed by atoms with van der Waals surface area (Å²) in [6.45, 7) is 9.69. The lowest BCUT2D eigenvalue weighted by atomic mass is 10.1. The van der Waals surface area contributed by atoms with E-state index in [1.807, 2.05) is 19.9 Å². The van der Waals surface area contributed by atoms with Crippen molar-refractivity contribution >= 4 is 0 Å². The Labute approximate surface area is 117 Å². The zero-order valence-corrected chi connectivity index (χ0v) is 12.5. The van der Waals surface area contributed by atoms with Crippen molar-refractivity contribution < 1.29 is 9.47 Å². The van der Waals surface area contributed by atoms with Crippen LogP contribution in [-0.4, -0.2) is 26.3 Å². The molecule has 0 aromatic heterocycles. The van der Waals surface area contributed by atoms with Gasteiger partial charge in [-0.3, -0.25) is 0 Å². The molecule has 19 heavy (non-hydrogen) atoms. The minimum atomic E-state index is 0.667. The first-order chi connectivity index (χ1) is 9.31. The maximum absolute atomic E-state index is 5.63. The second kappa shape index (κ2) is 9.68. The lowest BCUT2D eigenvalue weighted by Crippen LogP contribution is -2.16. The third kappa shape index (κ3) is 5.97. The second-order valence-electron chi connectivity index (χ2n) is 4.50. The van der Waals surface area contributed by atoms with Gasteiger partial charge < -0.3 is 14.8 Å². The van der Waals surface area contributed by atoms with Gasteiger partial charge in [0.1, 0.15) is 0 Å². The van der Waals surface area contributed by atoms with Gasteiger partial charge in [-0.05, 0) is 63.9 Å². The van der Waals surface area contributed by atoms with Gasteiger partial charge in [-0.2, -0.15) is 0 Å². The van der Waals surface area contributed by atoms with Gasteiger partial charge in [0.2, 0.25) is 0 Å². The molecule has 0 saturated carbocycles. The molecular formula is C16H27NO2. The van der Waals surface area contributed by atoms with Crippen molar-refractivity contribution in [2.75, 3.05) is 26.3 Å². The van der Waals surface area contributed by atoms with Crippen molar-refractivity contribution in [2.24, 2.45) is 0 Å². The molecule has 0 unspecified atom stereocenters. The van der Waals surface area contributed by atoms with Crippen molar-refractivity contribution in [3.8, 4) is 11.5 Å². The Hall–Kier alpha value is -1.22. The van der Waals surface area contributed by atoms with E-state index in [1.54, 1.807) is 0 Å². The number of benzene rings is 1. The summed E-state index contributed by atoms with van der Waals surface area (Å²) in [5.41, 5.74) is 1.31. The highest BCUT2D eigenvalue weighted by Crippen LogP contribution is 2.28. The predicted octanol–water partition coefficient (Wildman–Crippen LogP) is 3.42. The van der Waals surface area contributed by atoms with E-state index in [2.05, 4.69) is 24.4 Å². The maximum Gasteiger partial charge on any atom is 0.161 e. The largest absolute Gasteiger partial charge is 0.490 e. The van der Waals surface area contributed by atoms with Gasteiger partial charge in [-0.15, -0.1) is 0 Å². The molecule has 108 valence electrons. The van der Waals surface area contributed by atoms with Crippen molar-refractivity contribution in [3.05, 3.63) is 23.8 Å². The van der Waals surface area contributed by atoms with Crippen LogP contribution in [0.1, 0.15) is 39.2 Å². The third-order valence-electron chi connectivity index (χ3n) is 2.85. The normalized spacial score (nSPS) is 10.5. The van der Waals surface area contributed by atoms with Gasteiger partial charge in [-0.25, -0.2) is 0 Å². The monoisotopic (exact) mass is 265 g/mol. The lowest BCUT2D eigenvalue weighted by Gasteiger charge is -2.12. The van der Waals surface area contributed by atoms with Crippen molar-refractivity contribution in [2.45, 2.75) is 40.0 Å². The van der Waals surface area contributed by atoms with E-state index >= 15 is 0 Å². The fraction of sp³-hybridized carbons (Fsp3) is 0.625. The van der Waals surface area contributed by atoms with E-state index in [-0.39, 0.29) is 0 Å². The fourth-order valence-corrected chi connectivity index (χ4v) is 1.97. The van der Waals surface area contributed by atoms with Crippen molar-refractivity contribution in [1.29, 1.82) is 0 Å². The van der Waals surface area contributed by atoms with E-state index in [1.165, 1.54) is 12.0 Å². The smallest absolute Gasteiger partial charge is 0.161 e. The summed E-state index contributed by atoms with van der Waals surface area (Å²) in [6, 6.07) is 6.25. The molecule has 0 amide bonds. The quantitative estimate of drug-likeness (QED) is 0.658. The van der Waals surface area contributed by atoms with Crippen LogP contribution in [0.15, 0.2) is 18.2 Å². The first kappa shape index (κ1) is 15.8. The Morgan fingerprint density at radius 1 is 0.947 bits per heavy atom. The van der Waals surface area contributed by atoms with Crippen LogP contribution < -0.4 is 14.8 Å². The molecule has 1 rings (SSSR count). The number of aryl methyl sites for hydroxylation is 1. The topological polar surface area (TPSA) is 30.5 Å². The predicted molar refractivity (Wildman–Crippen MR) is 80.3 cm³/mol. The Balaban J connectivity index is 2.51. The summed E-state index contributed by atoms with van der Waals surface area (Å²) in [5, 5.41) is 3.42. The zero-order valence-electron chi connectivity index (χ0n) is 12.5. The Kier molecular flexibility index (Phi) is 8.07. The Morgan fingerprint density at radius 2 is 1.68 bits per heavy atom. The van der Waals surface area contributed by atoms with Crippen LogP contribution in [0, 0.1) is 0 Å². The number of hydrogen-bond acceptors (Lipinski definition) is 3. The van der Waals surface area contributed by atoms with Gasteiger partial charge in [0, 0.05) is 0 Å². The number of rotatable bonds is 10. The van der Waals surface area contributed by atoms with E-state index < -0.39 is 0 Å². The SMILES string of the molecule is CCCNCCCc1ccc(OCC)c(OCC)c1. The van der Waals surface area contributed by atoms with Crippen LogP contribution in [-0.2, 0) is 6.42 Å². The molecule has 0 spiro atoms. The lowest BCUT2D eigenvalue weighted by molar-refractivity contribution is 0.287. The molecule has 0 fully saturated rings. The van der Waals surface area contributed by atoms with Crippen LogP contribution in [0.5, 0.6) is 11.5 Å². The summed E-state index contributed by atoms with van der Waals surface area (Å²) >= 11 is 0. The van der Waals surface area contributed by atoms with Crippen LogP contribution in [0.4, 0.5) is 0 Å². The van der Waals surface area contributed by atoms with Crippen LogP contribution >= 0.6 is 0 Å². The fourth-order valence-electron chi connectivity index (χ4n) is 1.97. The van der Waals surface area contributed by atoms with Crippen molar-refractivity contribution in [3.63, 3.8) is 0 Å². The second-order valence-corrected chi connectivity index (χ2v) is 4.50. The van der Waals surface area contributed by atoms with Gasteiger partial charge in [0.05, 0.1) is 13.2 Å². The molecule has 0 aliphatic rings. The minimum Gasteiger partial charge on any atom is -0.490 e. The van der Waals surface area contributed by atoms with Crippen LogP contribution in [0.3, 0.4) is 0 Å². The summed E-state index contributed by atoms with van der Waals surface area (Å²) in [4.78, 5) is 0. The molecule has 3 nitrogen and oxygen atoms in total. The maximum atomic E-state index is 5.63. The van der Waals surface area contributed by atoms with Gasteiger partial charge in [0.15, 0.2) is 11.5 Å². The van der Waals surface area contributed by atoms with Crippen LogP contribution in [0.25, 0.3) is 0 Å². The molecular weight excluding hydrogens is 238 g/mol. The summed E-state index contributed by atoms with van der Waals surface area (Å²) in [5.74, 6) is 1.71. The minimum absolute atomic E-state index is 0.667. The highest BCUT2D eigenvalue weighted by molar-refractivity contribution is 5.43. The van der Waals surface area contributed by atoms with E-state index in [0.717, 1.165) is 37.4 Å². The first-order valence-electron chi connectivity index (χ1n) is 7.41. The number of nitrogens with one attached hydrogen (secondary N) is 1.